The highest BCUT2D eigenvalue weighted by Crippen LogP contribution is 1.98. The summed E-state index contributed by atoms with van der Waals surface area (Å²) in [7, 11) is 0. The predicted molar refractivity (Wildman–Crippen MR) is 47.5 cm³/mol. The van der Waals surface area contributed by atoms with Gasteiger partial charge < -0.3 is 10.8 Å². The number of carbonyl (C=O) groups is 1. The van der Waals surface area contributed by atoms with Crippen LogP contribution in [-0.2, 0) is 27.2 Å². The number of nitrogens with zero attached hydrogens (tertiary/aromatic N) is 3. The predicted octanol–water partition coefficient (Wildman–Crippen LogP) is -1.51. The first-order chi connectivity index (χ1) is 6.65. The molecule has 7 nitrogen and oxygen atoms in total. The van der Waals surface area contributed by atoms with Gasteiger partial charge in [-0.3, -0.25) is 4.79 Å². The summed E-state index contributed by atoms with van der Waals surface area (Å²) in [6, 6.07) is -1.19. The molecule has 0 fully saturated rings. The number of nitrogens with two attached hydrogens (primary N) is 1. The Morgan fingerprint density at radius 2 is 2.43 bits per heavy atom. The van der Waals surface area contributed by atoms with E-state index >= 15 is 0 Å². The van der Waals surface area contributed by atoms with Crippen molar-refractivity contribution in [3.63, 3.8) is 0 Å². The maximum atomic E-state index is 10.6. The van der Waals surface area contributed by atoms with Crippen LogP contribution in [0, 0.1) is 0 Å². The Balaban J connectivity index is 2.64. The molecule has 8 heteroatoms. The van der Waals surface area contributed by atoms with E-state index in [9.17, 15) is 9.00 Å². The Kier molecular flexibility index (Phi) is 3.60. The normalized spacial score (nSPS) is 14.6. The Morgan fingerprint density at radius 3 is 2.86 bits per heavy atom. The van der Waals surface area contributed by atoms with Crippen LogP contribution in [0.1, 0.15) is 0 Å². The fourth-order valence-electron chi connectivity index (χ4n) is 0.877. The fourth-order valence-corrected chi connectivity index (χ4v) is 1.33. The van der Waals surface area contributed by atoms with Gasteiger partial charge in [-0.25, -0.2) is 4.68 Å². The van der Waals surface area contributed by atoms with Crippen LogP contribution in [0.4, 0.5) is 0 Å². The highest BCUT2D eigenvalue weighted by Gasteiger charge is 2.35. The SMILES string of the molecule is N[C@@H](C(=O)O)[C@H](Cn1ccnn1)[S+]=O. The minimum Gasteiger partial charge on any atom is -0.480 e. The van der Waals surface area contributed by atoms with Gasteiger partial charge in [-0.1, -0.05) is 5.21 Å². The molecule has 14 heavy (non-hydrogen) atoms. The average Bonchev–Trinajstić information content (AvgIpc) is 2.65. The molecule has 0 aliphatic carbocycles. The van der Waals surface area contributed by atoms with Gasteiger partial charge in [-0.2, -0.15) is 0 Å². The van der Waals surface area contributed by atoms with Crippen LogP contribution < -0.4 is 5.73 Å². The van der Waals surface area contributed by atoms with E-state index in [1.54, 1.807) is 0 Å². The Hall–Kier alpha value is -1.41. The van der Waals surface area contributed by atoms with Gasteiger partial charge in [-0.05, 0) is 0 Å². The highest BCUT2D eigenvalue weighted by atomic mass is 32.1. The van der Waals surface area contributed by atoms with Crippen LogP contribution in [-0.4, -0.2) is 37.4 Å². The first-order valence-electron chi connectivity index (χ1n) is 3.76. The summed E-state index contributed by atoms with van der Waals surface area (Å²) in [6.45, 7) is 0.141. The number of carboxylic acid groups (broad SMARTS) is 1. The van der Waals surface area contributed by atoms with E-state index in [-0.39, 0.29) is 18.2 Å². The molecule has 0 radical (unpaired) electrons. The highest BCUT2D eigenvalue weighted by molar-refractivity contribution is 7.66. The van der Waals surface area contributed by atoms with Crippen LogP contribution in [0.3, 0.4) is 0 Å². The van der Waals surface area contributed by atoms with Gasteiger partial charge in [0.25, 0.3) is 5.25 Å². The molecule has 1 aromatic rings. The van der Waals surface area contributed by atoms with Crippen molar-refractivity contribution >= 4 is 17.6 Å². The van der Waals surface area contributed by atoms with Crippen LogP contribution in [0.25, 0.3) is 0 Å². The molecule has 0 unspecified atom stereocenters. The van der Waals surface area contributed by atoms with Gasteiger partial charge in [-0.15, -0.1) is 5.10 Å². The Labute approximate surface area is 83.4 Å². The van der Waals surface area contributed by atoms with E-state index in [4.69, 9.17) is 10.8 Å². The molecular weight excluding hydrogens is 208 g/mol. The molecule has 0 spiro atoms. The number of carboxylic acids is 1. The van der Waals surface area contributed by atoms with Crippen molar-refractivity contribution in [2.75, 3.05) is 0 Å². The Bertz CT molecular complexity index is 315. The van der Waals surface area contributed by atoms with E-state index in [0.29, 0.717) is 0 Å². The number of hydrogen-bond acceptors (Lipinski definition) is 5. The van der Waals surface area contributed by atoms with Gasteiger partial charge in [0.1, 0.15) is 6.54 Å². The van der Waals surface area contributed by atoms with Crippen molar-refractivity contribution in [1.82, 2.24) is 15.0 Å². The molecule has 0 aromatic carbocycles. The monoisotopic (exact) mass is 217 g/mol. The summed E-state index contributed by atoms with van der Waals surface area (Å²) in [4.78, 5) is 10.5. The summed E-state index contributed by atoms with van der Waals surface area (Å²) in [6.07, 6.45) is 2.98. The maximum Gasteiger partial charge on any atom is 0.466 e. The Morgan fingerprint density at radius 1 is 1.71 bits per heavy atom. The van der Waals surface area contributed by atoms with Crippen molar-refractivity contribution in [2.45, 2.75) is 17.8 Å². The molecular formula is C6H9N4O3S+. The lowest BCUT2D eigenvalue weighted by atomic mass is 10.2. The van der Waals surface area contributed by atoms with Crippen molar-refractivity contribution in [3.8, 4) is 0 Å². The lowest BCUT2D eigenvalue weighted by Gasteiger charge is -2.04. The summed E-state index contributed by atoms with van der Waals surface area (Å²) in [5.41, 5.74) is 5.31. The average molecular weight is 217 g/mol. The van der Waals surface area contributed by atoms with E-state index < -0.39 is 17.3 Å². The number of aromatic nitrogens is 3. The molecule has 0 aliphatic rings. The van der Waals surface area contributed by atoms with Crippen molar-refractivity contribution in [1.29, 1.82) is 0 Å². The van der Waals surface area contributed by atoms with Crippen LogP contribution in [0.5, 0.6) is 0 Å². The molecule has 0 saturated carbocycles. The second-order valence-electron chi connectivity index (χ2n) is 2.62. The molecule has 1 heterocycles. The first-order valence-corrected chi connectivity index (χ1v) is 4.56. The molecule has 0 saturated heterocycles. The molecule has 0 aliphatic heterocycles. The third kappa shape index (κ3) is 2.54. The summed E-state index contributed by atoms with van der Waals surface area (Å²) < 4.78 is 12.0. The van der Waals surface area contributed by atoms with Crippen molar-refractivity contribution < 1.29 is 14.1 Å². The number of aliphatic carboxylic acids is 1. The summed E-state index contributed by atoms with van der Waals surface area (Å²) in [5, 5.41) is 15.0. The summed E-state index contributed by atoms with van der Waals surface area (Å²) >= 11 is 0.160. The lowest BCUT2D eigenvalue weighted by Crippen LogP contribution is -2.43. The lowest BCUT2D eigenvalue weighted by molar-refractivity contribution is -0.138. The third-order valence-corrected chi connectivity index (χ3v) is 2.34. The molecule has 2 atom stereocenters. The van der Waals surface area contributed by atoms with Crippen LogP contribution in [0.2, 0.25) is 0 Å². The topological polar surface area (TPSA) is 111 Å². The molecule has 1 aromatic heterocycles. The zero-order chi connectivity index (χ0) is 10.6. The second kappa shape index (κ2) is 4.72. The molecule has 0 bridgehead atoms. The quantitative estimate of drug-likeness (QED) is 0.580. The van der Waals surface area contributed by atoms with E-state index in [2.05, 4.69) is 10.3 Å². The van der Waals surface area contributed by atoms with Gasteiger partial charge in [0.2, 0.25) is 0 Å². The van der Waals surface area contributed by atoms with Crippen molar-refractivity contribution in [3.05, 3.63) is 12.4 Å². The minimum absolute atomic E-state index is 0.141. The van der Waals surface area contributed by atoms with E-state index in [1.165, 1.54) is 17.1 Å². The summed E-state index contributed by atoms with van der Waals surface area (Å²) in [5.74, 6) is -1.20. The number of rotatable bonds is 5. The fraction of sp³-hybridized carbons (Fsp3) is 0.500. The van der Waals surface area contributed by atoms with Gasteiger partial charge in [0.15, 0.2) is 6.04 Å². The van der Waals surface area contributed by atoms with Crippen LogP contribution in [0.15, 0.2) is 12.4 Å². The molecule has 3 N–H and O–H groups in total. The zero-order valence-electron chi connectivity index (χ0n) is 7.11. The third-order valence-electron chi connectivity index (χ3n) is 1.65. The molecule has 76 valence electrons. The standard InChI is InChI=1S/C6H8N4O3S/c7-5(6(11)12)4(14-13)3-10-2-1-8-9-10/h1-2,4-5H,3,7H2/p+1/t4-,5+/m0/s1. The van der Waals surface area contributed by atoms with Gasteiger partial charge in [0, 0.05) is 10.4 Å². The van der Waals surface area contributed by atoms with E-state index in [1.807, 2.05) is 0 Å². The molecule has 1 rings (SSSR count). The molecule has 0 amide bonds. The number of hydrogen-bond donors (Lipinski definition) is 2. The minimum atomic E-state index is -1.20. The first kappa shape index (κ1) is 10.7. The van der Waals surface area contributed by atoms with Crippen molar-refractivity contribution in [2.24, 2.45) is 5.73 Å². The van der Waals surface area contributed by atoms with E-state index in [0.717, 1.165) is 0 Å². The van der Waals surface area contributed by atoms with Gasteiger partial charge >= 0.3 is 17.6 Å². The smallest absolute Gasteiger partial charge is 0.466 e. The second-order valence-corrected chi connectivity index (χ2v) is 3.42. The largest absolute Gasteiger partial charge is 0.480 e. The zero-order valence-corrected chi connectivity index (χ0v) is 7.92. The maximum absolute atomic E-state index is 10.6. The van der Waals surface area contributed by atoms with Gasteiger partial charge in [0.05, 0.1) is 6.20 Å². The van der Waals surface area contributed by atoms with Crippen LogP contribution >= 0.6 is 0 Å².